The van der Waals surface area contributed by atoms with Crippen molar-refractivity contribution in [2.75, 3.05) is 11.9 Å². The molecule has 18 heavy (non-hydrogen) atoms. The molecule has 1 heterocycles. The summed E-state index contributed by atoms with van der Waals surface area (Å²) in [6.07, 6.45) is -0.129. The number of aromatic nitrogens is 1. The molecule has 0 aliphatic carbocycles. The number of ether oxygens (including phenoxy) is 1. The van der Waals surface area contributed by atoms with Gasteiger partial charge in [-0.15, -0.1) is 0 Å². The predicted octanol–water partition coefficient (Wildman–Crippen LogP) is 1.47. The van der Waals surface area contributed by atoms with Gasteiger partial charge >= 0.3 is 11.8 Å². The summed E-state index contributed by atoms with van der Waals surface area (Å²) in [5.41, 5.74) is -1.23. The topological polar surface area (TPSA) is 138 Å². The number of amides is 1. The highest BCUT2D eigenvalue weighted by Crippen LogP contribution is 2.26. The Kier molecular flexibility index (Phi) is 4.07. The minimum absolute atomic E-state index is 0.0760. The van der Waals surface area contributed by atoms with Crippen LogP contribution >= 0.6 is 0 Å². The highest BCUT2D eigenvalue weighted by Gasteiger charge is 2.22. The number of nitro groups is 2. The second-order valence-electron chi connectivity index (χ2n) is 2.92. The second kappa shape index (κ2) is 5.52. The fourth-order valence-electron chi connectivity index (χ4n) is 1.04. The normalized spacial score (nSPS) is 9.61. The molecule has 0 aliphatic heterocycles. The van der Waals surface area contributed by atoms with E-state index in [1.807, 2.05) is 5.32 Å². The number of rotatable bonds is 4. The van der Waals surface area contributed by atoms with Crippen molar-refractivity contribution < 1.29 is 19.4 Å². The average molecular weight is 256 g/mol. The summed E-state index contributed by atoms with van der Waals surface area (Å²) >= 11 is 0. The third kappa shape index (κ3) is 3.10. The van der Waals surface area contributed by atoms with Crippen LogP contribution in [0.25, 0.3) is 0 Å². The summed E-state index contributed by atoms with van der Waals surface area (Å²) in [4.78, 5) is 33.9. The molecule has 0 unspecified atom stereocenters. The molecule has 1 N–H and O–H groups in total. The summed E-state index contributed by atoms with van der Waals surface area (Å²) in [5, 5.41) is 23.2. The third-order valence-corrected chi connectivity index (χ3v) is 1.76. The van der Waals surface area contributed by atoms with Crippen LogP contribution in [0, 0.1) is 20.2 Å². The zero-order valence-electron chi connectivity index (χ0n) is 9.15. The Balaban J connectivity index is 3.08. The van der Waals surface area contributed by atoms with E-state index in [0.29, 0.717) is 6.07 Å². The van der Waals surface area contributed by atoms with Crippen molar-refractivity contribution in [3.05, 3.63) is 32.5 Å². The van der Waals surface area contributed by atoms with Crippen molar-refractivity contribution in [3.63, 3.8) is 0 Å². The maximum atomic E-state index is 11.1. The molecular weight excluding hydrogens is 248 g/mol. The standard InChI is InChI=1S/C8H8N4O6/c1-2-18-8(13)10-7-6(12(16)17)3-5(4-9-7)11(14)15/h3-4H,2H2,1H3,(H,9,10,13). The Hall–Kier alpha value is -2.78. The van der Waals surface area contributed by atoms with E-state index in [-0.39, 0.29) is 6.61 Å². The smallest absolute Gasteiger partial charge is 0.412 e. The Morgan fingerprint density at radius 1 is 1.44 bits per heavy atom. The van der Waals surface area contributed by atoms with Crippen LogP contribution in [0.3, 0.4) is 0 Å². The molecule has 0 aliphatic rings. The van der Waals surface area contributed by atoms with Crippen molar-refractivity contribution in [1.82, 2.24) is 4.98 Å². The highest BCUT2D eigenvalue weighted by molar-refractivity contribution is 5.86. The second-order valence-corrected chi connectivity index (χ2v) is 2.92. The molecule has 0 saturated carbocycles. The molecule has 0 radical (unpaired) electrons. The van der Waals surface area contributed by atoms with Crippen molar-refractivity contribution in [2.45, 2.75) is 6.92 Å². The van der Waals surface area contributed by atoms with Gasteiger partial charge in [0, 0.05) is 0 Å². The molecule has 1 rings (SSSR count). The molecule has 10 heteroatoms. The number of hydrogen-bond acceptors (Lipinski definition) is 7. The first kappa shape index (κ1) is 13.3. The van der Waals surface area contributed by atoms with E-state index in [0.717, 1.165) is 6.20 Å². The molecule has 0 bridgehead atoms. The van der Waals surface area contributed by atoms with E-state index < -0.39 is 33.1 Å². The van der Waals surface area contributed by atoms with Crippen LogP contribution in [0.15, 0.2) is 12.3 Å². The first-order valence-corrected chi connectivity index (χ1v) is 4.68. The molecule has 0 fully saturated rings. The summed E-state index contributed by atoms with van der Waals surface area (Å²) in [7, 11) is 0. The molecule has 1 amide bonds. The lowest BCUT2D eigenvalue weighted by molar-refractivity contribution is -0.394. The van der Waals surface area contributed by atoms with E-state index >= 15 is 0 Å². The fourth-order valence-corrected chi connectivity index (χ4v) is 1.04. The number of hydrogen-bond donors (Lipinski definition) is 1. The zero-order chi connectivity index (χ0) is 13.7. The van der Waals surface area contributed by atoms with E-state index in [9.17, 15) is 25.0 Å². The molecule has 96 valence electrons. The van der Waals surface area contributed by atoms with Crippen molar-refractivity contribution >= 4 is 23.3 Å². The third-order valence-electron chi connectivity index (χ3n) is 1.76. The van der Waals surface area contributed by atoms with Crippen LogP contribution in [-0.4, -0.2) is 27.5 Å². The van der Waals surface area contributed by atoms with Gasteiger partial charge in [-0.3, -0.25) is 25.5 Å². The van der Waals surface area contributed by atoms with E-state index in [1.165, 1.54) is 0 Å². The van der Waals surface area contributed by atoms with Crippen LogP contribution in [-0.2, 0) is 4.74 Å². The Bertz CT molecular complexity index is 502. The monoisotopic (exact) mass is 256 g/mol. The summed E-state index contributed by atoms with van der Waals surface area (Å²) in [6.45, 7) is 1.63. The Morgan fingerprint density at radius 2 is 2.11 bits per heavy atom. The minimum atomic E-state index is -0.929. The van der Waals surface area contributed by atoms with Crippen molar-refractivity contribution in [1.29, 1.82) is 0 Å². The first-order valence-electron chi connectivity index (χ1n) is 4.68. The van der Waals surface area contributed by atoms with Gasteiger partial charge < -0.3 is 4.74 Å². The highest BCUT2D eigenvalue weighted by atomic mass is 16.6. The Labute approximate surface area is 99.9 Å². The molecular formula is C8H8N4O6. The van der Waals surface area contributed by atoms with Gasteiger partial charge in [-0.1, -0.05) is 0 Å². The zero-order valence-corrected chi connectivity index (χ0v) is 9.15. The van der Waals surface area contributed by atoms with E-state index in [1.54, 1.807) is 6.92 Å². The molecule has 10 nitrogen and oxygen atoms in total. The molecule has 0 spiro atoms. The number of nitrogens with one attached hydrogen (secondary N) is 1. The number of nitrogens with zero attached hydrogens (tertiary/aromatic N) is 3. The Morgan fingerprint density at radius 3 is 2.61 bits per heavy atom. The largest absolute Gasteiger partial charge is 0.450 e. The molecule has 1 aromatic rings. The summed E-state index contributed by atoms with van der Waals surface area (Å²) in [6, 6.07) is 0.703. The SMILES string of the molecule is CCOC(=O)Nc1ncc([N+](=O)[O-])cc1[N+](=O)[O-]. The maximum Gasteiger partial charge on any atom is 0.412 e. The van der Waals surface area contributed by atoms with Gasteiger partial charge in [-0.2, -0.15) is 0 Å². The van der Waals surface area contributed by atoms with Gasteiger partial charge in [0.2, 0.25) is 5.82 Å². The van der Waals surface area contributed by atoms with Gasteiger partial charge in [-0.25, -0.2) is 9.78 Å². The van der Waals surface area contributed by atoms with Crippen LogP contribution in [0.2, 0.25) is 0 Å². The molecule has 0 atom stereocenters. The summed E-state index contributed by atoms with van der Waals surface area (Å²) < 4.78 is 4.51. The van der Waals surface area contributed by atoms with Crippen LogP contribution in [0.5, 0.6) is 0 Å². The lowest BCUT2D eigenvalue weighted by Crippen LogP contribution is -2.15. The lowest BCUT2D eigenvalue weighted by Gasteiger charge is -2.04. The molecule has 0 saturated heterocycles. The number of pyridine rings is 1. The van der Waals surface area contributed by atoms with Crippen LogP contribution in [0.4, 0.5) is 22.0 Å². The van der Waals surface area contributed by atoms with Crippen LogP contribution in [0.1, 0.15) is 6.92 Å². The minimum Gasteiger partial charge on any atom is -0.450 e. The summed E-state index contributed by atoms with van der Waals surface area (Å²) in [5.74, 6) is -0.413. The van der Waals surface area contributed by atoms with Gasteiger partial charge in [0.05, 0.1) is 22.5 Å². The predicted molar refractivity (Wildman–Crippen MR) is 58.2 cm³/mol. The van der Waals surface area contributed by atoms with Gasteiger partial charge in [-0.05, 0) is 6.92 Å². The quantitative estimate of drug-likeness (QED) is 0.635. The molecule has 0 aromatic carbocycles. The van der Waals surface area contributed by atoms with Crippen LogP contribution < -0.4 is 5.32 Å². The first-order chi connectivity index (χ1) is 8.45. The van der Waals surface area contributed by atoms with Gasteiger partial charge in [0.15, 0.2) is 0 Å². The van der Waals surface area contributed by atoms with E-state index in [2.05, 4.69) is 9.72 Å². The van der Waals surface area contributed by atoms with Gasteiger partial charge in [0.25, 0.3) is 5.69 Å². The average Bonchev–Trinajstić information content (AvgIpc) is 2.29. The maximum absolute atomic E-state index is 11.1. The lowest BCUT2D eigenvalue weighted by atomic mass is 10.3. The number of anilines is 1. The van der Waals surface area contributed by atoms with E-state index in [4.69, 9.17) is 0 Å². The van der Waals surface area contributed by atoms with Gasteiger partial charge in [0.1, 0.15) is 6.20 Å². The number of carbonyl (C=O) groups is 1. The van der Waals surface area contributed by atoms with Crippen molar-refractivity contribution in [3.8, 4) is 0 Å². The fraction of sp³-hybridized carbons (Fsp3) is 0.250. The number of carbonyl (C=O) groups excluding carboxylic acids is 1. The van der Waals surface area contributed by atoms with Crippen molar-refractivity contribution in [2.24, 2.45) is 0 Å². The molecule has 1 aromatic heterocycles.